The number of hydrogen-bond donors (Lipinski definition) is 0. The van der Waals surface area contributed by atoms with Gasteiger partial charge in [0.25, 0.3) is 0 Å². The molecule has 0 bridgehead atoms. The van der Waals surface area contributed by atoms with Gasteiger partial charge in [-0.3, -0.25) is 0 Å². The van der Waals surface area contributed by atoms with Crippen LogP contribution in [0.25, 0.3) is 11.0 Å². The quantitative estimate of drug-likeness (QED) is 0.737. The van der Waals surface area contributed by atoms with Gasteiger partial charge in [-0.05, 0) is 27.5 Å². The minimum atomic E-state index is -0.936. The zero-order valence-electron chi connectivity index (χ0n) is 6.77. The van der Waals surface area contributed by atoms with E-state index < -0.39 is 11.6 Å². The van der Waals surface area contributed by atoms with Crippen molar-refractivity contribution in [2.45, 2.75) is 0 Å². The molecule has 0 saturated carbocycles. The van der Waals surface area contributed by atoms with E-state index in [9.17, 15) is 12.7 Å². The second-order valence-electron chi connectivity index (χ2n) is 2.60. The number of rotatable bonds is 1. The molecule has 2 aromatic rings. The van der Waals surface area contributed by atoms with Gasteiger partial charge in [-0.1, -0.05) is 0 Å². The molecule has 0 atom stereocenters. The molecule has 0 spiro atoms. The van der Waals surface area contributed by atoms with Crippen molar-refractivity contribution >= 4 is 50.9 Å². The van der Waals surface area contributed by atoms with Crippen molar-refractivity contribution in [3.05, 3.63) is 27.5 Å². The first-order chi connectivity index (χ1) is 7.06. The second kappa shape index (κ2) is 3.88. The maximum Gasteiger partial charge on any atom is 0.216 e. The van der Waals surface area contributed by atoms with Crippen molar-refractivity contribution in [2.24, 2.45) is 0 Å². The molecule has 0 amide bonds. The molecule has 0 unspecified atom stereocenters. The molecular weight excluding hydrogens is 317 g/mol. The molecule has 2 nitrogen and oxygen atoms in total. The average molecular weight is 318 g/mol. The first kappa shape index (κ1) is 11.1. The molecule has 0 aliphatic heterocycles. The van der Waals surface area contributed by atoms with Crippen LogP contribution < -0.4 is 0 Å². The maximum atomic E-state index is 13.5. The Bertz CT molecular complexity index is 545. The van der Waals surface area contributed by atoms with Gasteiger partial charge in [0, 0.05) is 6.07 Å². The highest BCUT2D eigenvalue weighted by Gasteiger charge is 2.19. The largest absolute Gasteiger partial charge is 0.225 e. The van der Waals surface area contributed by atoms with Crippen molar-refractivity contribution < 1.29 is 12.7 Å². The molecule has 1 aromatic heterocycles. The number of halogens is 5. The summed E-state index contributed by atoms with van der Waals surface area (Å²) in [5, 5.41) is -0.256. The summed E-state index contributed by atoms with van der Waals surface area (Å²) < 4.78 is 39.4. The number of benzene rings is 1. The summed E-state index contributed by atoms with van der Waals surface area (Å²) in [6, 6.07) is 0.973. The topological polar surface area (TPSA) is 17.8 Å². The first-order valence-corrected chi connectivity index (χ1v) is 5.41. The Morgan fingerprint density at radius 2 is 2.13 bits per heavy atom. The minimum absolute atomic E-state index is 0.0386. The normalized spacial score (nSPS) is 11.3. The zero-order chi connectivity index (χ0) is 11.2. The van der Waals surface area contributed by atoms with Gasteiger partial charge >= 0.3 is 0 Å². The lowest BCUT2D eigenvalue weighted by molar-refractivity contribution is 0.579. The van der Waals surface area contributed by atoms with E-state index in [1.54, 1.807) is 0 Å². The molecule has 0 radical (unpaired) electrons. The summed E-state index contributed by atoms with van der Waals surface area (Å²) >= 11 is 7.94. The first-order valence-electron chi connectivity index (χ1n) is 3.56. The third-order valence-electron chi connectivity index (χ3n) is 1.77. The summed E-state index contributed by atoms with van der Waals surface area (Å²) in [6.07, 6.45) is 0. The van der Waals surface area contributed by atoms with Gasteiger partial charge in [-0.15, -0.1) is 3.89 Å². The monoisotopic (exact) mass is 316 g/mol. The van der Waals surface area contributed by atoms with Crippen LogP contribution in [0.3, 0.4) is 0 Å². The van der Waals surface area contributed by atoms with Crippen molar-refractivity contribution in [1.29, 1.82) is 0 Å². The third kappa shape index (κ3) is 1.62. The lowest BCUT2D eigenvalue weighted by Crippen LogP contribution is -1.90. The summed E-state index contributed by atoms with van der Waals surface area (Å²) in [5.74, 6) is -1.75. The number of hydrogen-bond acceptors (Lipinski definition) is 2. The van der Waals surface area contributed by atoms with Crippen molar-refractivity contribution in [3.63, 3.8) is 0 Å². The van der Waals surface area contributed by atoms with Gasteiger partial charge in [-0.2, -0.15) is 0 Å². The number of nitrogens with zero attached hydrogens (tertiary/aromatic N) is 2. The lowest BCUT2D eigenvalue weighted by atomic mass is 10.3. The maximum absolute atomic E-state index is 13.5. The van der Waals surface area contributed by atoms with E-state index in [2.05, 4.69) is 20.9 Å². The van der Waals surface area contributed by atoms with Gasteiger partial charge in [0.1, 0.15) is 11.3 Å². The molecule has 0 aliphatic rings. The third-order valence-corrected chi connectivity index (χ3v) is 3.34. The fraction of sp³-hybridized carbons (Fsp3) is 0. The Labute approximate surface area is 100.0 Å². The summed E-state index contributed by atoms with van der Waals surface area (Å²) in [7, 11) is 0. The fourth-order valence-corrected chi connectivity index (χ4v) is 2.05. The summed E-state index contributed by atoms with van der Waals surface area (Å²) in [4.78, 5) is 3.61. The molecular formula is C7HBrClF3N2S. The van der Waals surface area contributed by atoms with Crippen LogP contribution in [0.1, 0.15) is 0 Å². The molecule has 0 N–H and O–H groups in total. The van der Waals surface area contributed by atoms with E-state index in [0.717, 1.165) is 10.0 Å². The van der Waals surface area contributed by atoms with Gasteiger partial charge in [0.05, 0.1) is 9.99 Å². The summed E-state index contributed by atoms with van der Waals surface area (Å²) in [5.41, 5.74) is -0.232. The van der Waals surface area contributed by atoms with Gasteiger partial charge in [0.2, 0.25) is 5.28 Å². The van der Waals surface area contributed by atoms with Gasteiger partial charge in [-0.25, -0.2) is 17.7 Å². The van der Waals surface area contributed by atoms with Crippen LogP contribution in [0, 0.1) is 11.6 Å². The van der Waals surface area contributed by atoms with Crippen LogP contribution in [0.5, 0.6) is 0 Å². The zero-order valence-corrected chi connectivity index (χ0v) is 9.93. The molecule has 0 aliphatic carbocycles. The van der Waals surface area contributed by atoms with Crippen LogP contribution in [0.4, 0.5) is 12.7 Å². The predicted molar refractivity (Wildman–Crippen MR) is 56.5 cm³/mol. The van der Waals surface area contributed by atoms with Crippen LogP contribution in [-0.2, 0) is 0 Å². The van der Waals surface area contributed by atoms with Crippen LogP contribution in [0.2, 0.25) is 5.28 Å². The van der Waals surface area contributed by atoms with E-state index >= 15 is 0 Å². The summed E-state index contributed by atoms with van der Waals surface area (Å²) in [6.45, 7) is 0. The average Bonchev–Trinajstić information content (AvgIpc) is 2.50. The van der Waals surface area contributed by atoms with Crippen molar-refractivity contribution in [1.82, 2.24) is 8.96 Å². The van der Waals surface area contributed by atoms with E-state index in [0.29, 0.717) is 0 Å². The lowest BCUT2D eigenvalue weighted by Gasteiger charge is -2.00. The van der Waals surface area contributed by atoms with Crippen molar-refractivity contribution in [3.8, 4) is 0 Å². The number of fused-ring (bicyclic) bond motifs is 1. The van der Waals surface area contributed by atoms with E-state index in [-0.39, 0.29) is 33.1 Å². The molecule has 80 valence electrons. The highest BCUT2D eigenvalue weighted by Crippen LogP contribution is 2.32. The highest BCUT2D eigenvalue weighted by atomic mass is 79.9. The number of imidazole rings is 1. The molecule has 2 rings (SSSR count). The second-order valence-corrected chi connectivity index (χ2v) is 4.23. The Hall–Kier alpha value is -0.400. The van der Waals surface area contributed by atoms with Gasteiger partial charge < -0.3 is 0 Å². The Morgan fingerprint density at radius 3 is 2.73 bits per heavy atom. The minimum Gasteiger partial charge on any atom is -0.225 e. The van der Waals surface area contributed by atoms with Crippen molar-refractivity contribution in [2.75, 3.05) is 0 Å². The fourth-order valence-electron chi connectivity index (χ4n) is 1.15. The Morgan fingerprint density at radius 1 is 1.47 bits per heavy atom. The van der Waals surface area contributed by atoms with Crippen LogP contribution >= 0.6 is 39.9 Å². The highest BCUT2D eigenvalue weighted by molar-refractivity contribution is 9.10. The number of aromatic nitrogens is 2. The molecule has 8 heteroatoms. The van der Waals surface area contributed by atoms with Crippen LogP contribution in [0.15, 0.2) is 10.5 Å². The van der Waals surface area contributed by atoms with E-state index in [4.69, 9.17) is 11.6 Å². The predicted octanol–water partition coefficient (Wildman–Crippen LogP) is 4.11. The standard InChI is InChI=1S/C7HBrClF3N2S/c8-4-2(10)1-3-6(5(4)11)14(15-12)7(9)13-3/h1H. The van der Waals surface area contributed by atoms with Gasteiger partial charge in [0.15, 0.2) is 18.2 Å². The Balaban J connectivity index is 2.93. The molecule has 0 fully saturated rings. The smallest absolute Gasteiger partial charge is 0.216 e. The SMILES string of the molecule is FSn1c(Cl)nc2cc(F)c(Br)c(F)c21. The Kier molecular flexibility index (Phi) is 2.87. The van der Waals surface area contributed by atoms with E-state index in [1.807, 2.05) is 0 Å². The van der Waals surface area contributed by atoms with Crippen LogP contribution in [-0.4, -0.2) is 8.96 Å². The molecule has 1 aromatic carbocycles. The molecule has 0 saturated heterocycles. The molecule has 1 heterocycles. The molecule has 15 heavy (non-hydrogen) atoms. The van der Waals surface area contributed by atoms with E-state index in [1.165, 1.54) is 0 Å².